The molecule has 1 aromatic heterocycles. The van der Waals surface area contributed by atoms with E-state index >= 15 is 0 Å². The van der Waals surface area contributed by atoms with Crippen LogP contribution in [0.15, 0.2) is 11.1 Å². The predicted octanol–water partition coefficient (Wildman–Crippen LogP) is 2.90. The molecule has 2 rings (SSSR count). The van der Waals surface area contributed by atoms with Gasteiger partial charge in [0.1, 0.15) is 16.7 Å². The summed E-state index contributed by atoms with van der Waals surface area (Å²) >= 11 is 1.82. The Morgan fingerprint density at radius 2 is 2.27 bits per heavy atom. The molecule has 0 atom stereocenters. The minimum Gasteiger partial charge on any atom is -0.373 e. The van der Waals surface area contributed by atoms with E-state index in [1.54, 1.807) is 0 Å². The molecule has 1 heterocycles. The maximum Gasteiger partial charge on any atom is 0.135 e. The van der Waals surface area contributed by atoms with Crippen LogP contribution in [0.25, 0.3) is 0 Å². The van der Waals surface area contributed by atoms with E-state index < -0.39 is 0 Å². The Balaban J connectivity index is 2.16. The van der Waals surface area contributed by atoms with Crippen molar-refractivity contribution in [3.8, 4) is 0 Å². The van der Waals surface area contributed by atoms with Gasteiger partial charge < -0.3 is 5.32 Å². The third kappa shape index (κ3) is 2.84. The Kier molecular flexibility index (Phi) is 3.46. The fourth-order valence-electron chi connectivity index (χ4n) is 1.38. The molecule has 4 heteroatoms. The zero-order chi connectivity index (χ0) is 10.7. The first kappa shape index (κ1) is 10.7. The summed E-state index contributed by atoms with van der Waals surface area (Å²) in [6.07, 6.45) is 3.69. The smallest absolute Gasteiger partial charge is 0.135 e. The summed E-state index contributed by atoms with van der Waals surface area (Å²) in [5.41, 5.74) is 0. The van der Waals surface area contributed by atoms with Gasteiger partial charge in [-0.15, -0.1) is 11.8 Å². The maximum atomic E-state index is 4.59. The van der Waals surface area contributed by atoms with E-state index in [0.717, 1.165) is 22.4 Å². The number of rotatable bonds is 5. The van der Waals surface area contributed by atoms with E-state index in [1.807, 2.05) is 24.9 Å². The van der Waals surface area contributed by atoms with Crippen LogP contribution in [-0.4, -0.2) is 22.8 Å². The molecule has 0 saturated heterocycles. The molecule has 0 aliphatic heterocycles. The van der Waals surface area contributed by atoms with Crippen molar-refractivity contribution in [1.29, 1.82) is 0 Å². The lowest BCUT2D eigenvalue weighted by Crippen LogP contribution is -2.00. The quantitative estimate of drug-likeness (QED) is 0.615. The number of hydrogen-bond acceptors (Lipinski definition) is 4. The van der Waals surface area contributed by atoms with Crippen LogP contribution < -0.4 is 5.32 Å². The van der Waals surface area contributed by atoms with Crippen LogP contribution in [0.5, 0.6) is 0 Å². The van der Waals surface area contributed by atoms with Crippen LogP contribution in [0, 0.1) is 0 Å². The predicted molar refractivity (Wildman–Crippen MR) is 64.6 cm³/mol. The summed E-state index contributed by atoms with van der Waals surface area (Å²) in [6, 6.07) is 2.03. The molecule has 1 aliphatic carbocycles. The maximum absolute atomic E-state index is 4.59. The minimum absolute atomic E-state index is 0.624. The molecule has 0 radical (unpaired) electrons. The average Bonchev–Trinajstić information content (AvgIpc) is 3.09. The molecule has 0 aromatic carbocycles. The topological polar surface area (TPSA) is 37.8 Å². The lowest BCUT2D eigenvalue weighted by molar-refractivity contribution is 0.879. The van der Waals surface area contributed by atoms with Gasteiger partial charge in [0.2, 0.25) is 0 Å². The molecule has 1 aromatic rings. The van der Waals surface area contributed by atoms with Crippen molar-refractivity contribution in [3.63, 3.8) is 0 Å². The van der Waals surface area contributed by atoms with Crippen molar-refractivity contribution in [2.24, 2.45) is 0 Å². The Bertz CT molecular complexity index is 337. The second-order valence-electron chi connectivity index (χ2n) is 3.82. The number of aromatic nitrogens is 2. The molecule has 1 saturated carbocycles. The van der Waals surface area contributed by atoms with Crippen molar-refractivity contribution in [2.75, 3.05) is 18.1 Å². The van der Waals surface area contributed by atoms with E-state index in [1.165, 1.54) is 19.3 Å². The normalized spacial score (nSPS) is 15.3. The van der Waals surface area contributed by atoms with Crippen LogP contribution in [0.4, 0.5) is 5.82 Å². The van der Waals surface area contributed by atoms with Gasteiger partial charge in [0.25, 0.3) is 0 Å². The van der Waals surface area contributed by atoms with Crippen molar-refractivity contribution >= 4 is 17.6 Å². The summed E-state index contributed by atoms with van der Waals surface area (Å²) in [6.45, 7) is 2.19. The van der Waals surface area contributed by atoms with Gasteiger partial charge in [-0.1, -0.05) is 6.92 Å². The highest BCUT2D eigenvalue weighted by molar-refractivity contribution is 7.99. The molecule has 0 bridgehead atoms. The Labute approximate surface area is 95.1 Å². The van der Waals surface area contributed by atoms with Crippen molar-refractivity contribution in [3.05, 3.63) is 11.9 Å². The summed E-state index contributed by atoms with van der Waals surface area (Å²) in [5.74, 6) is 3.73. The summed E-state index contributed by atoms with van der Waals surface area (Å²) in [5, 5.41) is 4.21. The second kappa shape index (κ2) is 4.84. The number of hydrogen-bond donors (Lipinski definition) is 1. The standard InChI is InChI=1S/C11H17N3S/c1-3-6-15-10-7-9(12-2)13-11(14-10)8-4-5-8/h7-8H,3-6H2,1-2H3,(H,12,13,14). The lowest BCUT2D eigenvalue weighted by Gasteiger charge is -2.06. The molecule has 0 spiro atoms. The van der Waals surface area contributed by atoms with Crippen LogP contribution in [0.2, 0.25) is 0 Å². The third-order valence-corrected chi connectivity index (χ3v) is 3.49. The Morgan fingerprint density at radius 1 is 1.47 bits per heavy atom. The molecule has 1 aliphatic rings. The summed E-state index contributed by atoms with van der Waals surface area (Å²) in [7, 11) is 1.91. The summed E-state index contributed by atoms with van der Waals surface area (Å²) in [4.78, 5) is 9.08. The molecule has 15 heavy (non-hydrogen) atoms. The number of nitrogens with one attached hydrogen (secondary N) is 1. The highest BCUT2D eigenvalue weighted by Gasteiger charge is 2.27. The largest absolute Gasteiger partial charge is 0.373 e. The third-order valence-electron chi connectivity index (χ3n) is 2.37. The average molecular weight is 223 g/mol. The van der Waals surface area contributed by atoms with Gasteiger partial charge in [-0.2, -0.15) is 0 Å². The molecule has 1 fully saturated rings. The molecule has 82 valence electrons. The van der Waals surface area contributed by atoms with Gasteiger partial charge in [0.05, 0.1) is 0 Å². The first-order valence-corrected chi connectivity index (χ1v) is 6.51. The number of thioether (sulfide) groups is 1. The second-order valence-corrected chi connectivity index (χ2v) is 4.94. The van der Waals surface area contributed by atoms with Crippen LogP contribution in [0.1, 0.15) is 37.9 Å². The van der Waals surface area contributed by atoms with E-state index in [9.17, 15) is 0 Å². The highest BCUT2D eigenvalue weighted by atomic mass is 32.2. The molecule has 3 nitrogen and oxygen atoms in total. The SMILES string of the molecule is CCCSc1cc(NC)nc(C2CC2)n1. The van der Waals surface area contributed by atoms with Gasteiger partial charge in [-0.05, 0) is 25.0 Å². The first-order valence-electron chi connectivity index (χ1n) is 5.53. The fraction of sp³-hybridized carbons (Fsp3) is 0.636. The number of nitrogens with zero attached hydrogens (tertiary/aromatic N) is 2. The van der Waals surface area contributed by atoms with Gasteiger partial charge in [0, 0.05) is 19.0 Å². The zero-order valence-corrected chi connectivity index (χ0v) is 10.1. The van der Waals surface area contributed by atoms with Gasteiger partial charge in [0.15, 0.2) is 0 Å². The molecule has 1 N–H and O–H groups in total. The van der Waals surface area contributed by atoms with E-state index in [4.69, 9.17) is 0 Å². The molecular weight excluding hydrogens is 206 g/mol. The monoisotopic (exact) mass is 223 g/mol. The highest BCUT2D eigenvalue weighted by Crippen LogP contribution is 2.39. The van der Waals surface area contributed by atoms with Crippen molar-refractivity contribution < 1.29 is 0 Å². The van der Waals surface area contributed by atoms with Gasteiger partial charge in [-0.3, -0.25) is 0 Å². The van der Waals surface area contributed by atoms with Crippen LogP contribution in [-0.2, 0) is 0 Å². The van der Waals surface area contributed by atoms with E-state index in [0.29, 0.717) is 5.92 Å². The first-order chi connectivity index (χ1) is 7.33. The van der Waals surface area contributed by atoms with Gasteiger partial charge >= 0.3 is 0 Å². The minimum atomic E-state index is 0.624. The zero-order valence-electron chi connectivity index (χ0n) is 9.29. The Hall–Kier alpha value is -0.770. The molecular formula is C11H17N3S. The molecule has 0 amide bonds. The molecule has 0 unspecified atom stereocenters. The van der Waals surface area contributed by atoms with Crippen molar-refractivity contribution in [1.82, 2.24) is 9.97 Å². The van der Waals surface area contributed by atoms with Crippen LogP contribution in [0.3, 0.4) is 0 Å². The van der Waals surface area contributed by atoms with E-state index in [-0.39, 0.29) is 0 Å². The van der Waals surface area contributed by atoms with E-state index in [2.05, 4.69) is 22.2 Å². The number of anilines is 1. The van der Waals surface area contributed by atoms with Crippen LogP contribution >= 0.6 is 11.8 Å². The lowest BCUT2D eigenvalue weighted by atomic mass is 10.4. The van der Waals surface area contributed by atoms with Crippen molar-refractivity contribution in [2.45, 2.75) is 37.1 Å². The fourth-order valence-corrected chi connectivity index (χ4v) is 2.14. The summed E-state index contributed by atoms with van der Waals surface area (Å²) < 4.78 is 0. The van der Waals surface area contributed by atoms with Gasteiger partial charge in [-0.25, -0.2) is 9.97 Å². The Morgan fingerprint density at radius 3 is 2.87 bits per heavy atom.